The highest BCUT2D eigenvalue weighted by atomic mass is 16.6. The van der Waals surface area contributed by atoms with Gasteiger partial charge in [-0.1, -0.05) is 0 Å². The van der Waals surface area contributed by atoms with Crippen LogP contribution < -0.4 is 10.2 Å². The number of nitrogens with zero attached hydrogens (tertiary/aromatic N) is 2. The predicted octanol–water partition coefficient (Wildman–Crippen LogP) is 0.706. The van der Waals surface area contributed by atoms with Crippen LogP contribution in [0.5, 0.6) is 0 Å². The van der Waals surface area contributed by atoms with Gasteiger partial charge >= 0.3 is 5.97 Å². The Morgan fingerprint density at radius 1 is 1.52 bits per heavy atom. The first-order chi connectivity index (χ1) is 9.95. The van der Waals surface area contributed by atoms with Gasteiger partial charge in [0.25, 0.3) is 5.69 Å². The molecule has 2 rings (SSSR count). The number of amides is 1. The van der Waals surface area contributed by atoms with Crippen molar-refractivity contribution >= 4 is 23.3 Å². The molecule has 8 heteroatoms. The molecule has 0 radical (unpaired) electrons. The predicted molar refractivity (Wildman–Crippen MR) is 74.3 cm³/mol. The van der Waals surface area contributed by atoms with Crippen LogP contribution >= 0.6 is 0 Å². The lowest BCUT2D eigenvalue weighted by molar-refractivity contribution is -0.384. The molecule has 112 valence electrons. The second-order valence-corrected chi connectivity index (χ2v) is 4.61. The number of nitro groups is 1. The highest BCUT2D eigenvalue weighted by Crippen LogP contribution is 2.31. The second kappa shape index (κ2) is 5.78. The van der Waals surface area contributed by atoms with Crippen LogP contribution in [0, 0.1) is 10.1 Å². The van der Waals surface area contributed by atoms with E-state index in [4.69, 9.17) is 0 Å². The number of piperazine rings is 1. The summed E-state index contributed by atoms with van der Waals surface area (Å²) in [6, 6.07) is 3.42. The summed E-state index contributed by atoms with van der Waals surface area (Å²) in [6.07, 6.45) is 0. The summed E-state index contributed by atoms with van der Waals surface area (Å²) in [5.74, 6) is -0.792. The Labute approximate surface area is 120 Å². The summed E-state index contributed by atoms with van der Waals surface area (Å²) in [5.41, 5.74) is 0.297. The fraction of sp³-hybridized carbons (Fsp3) is 0.385. The minimum Gasteiger partial charge on any atom is -0.465 e. The smallest absolute Gasteiger partial charge is 0.337 e. The zero-order valence-electron chi connectivity index (χ0n) is 11.7. The van der Waals surface area contributed by atoms with Gasteiger partial charge in [-0.05, 0) is 19.1 Å². The molecule has 0 saturated carbocycles. The maximum Gasteiger partial charge on any atom is 0.337 e. The second-order valence-electron chi connectivity index (χ2n) is 4.61. The monoisotopic (exact) mass is 293 g/mol. The zero-order valence-corrected chi connectivity index (χ0v) is 11.7. The van der Waals surface area contributed by atoms with Crippen LogP contribution in [0.15, 0.2) is 18.2 Å². The number of ether oxygens (including phenoxy) is 1. The highest BCUT2D eigenvalue weighted by molar-refractivity contribution is 5.93. The maximum atomic E-state index is 11.7. The molecule has 1 unspecified atom stereocenters. The number of esters is 1. The van der Waals surface area contributed by atoms with Crippen molar-refractivity contribution in [3.63, 3.8) is 0 Å². The number of carbonyl (C=O) groups is 2. The van der Waals surface area contributed by atoms with Crippen molar-refractivity contribution in [2.24, 2.45) is 0 Å². The average Bonchev–Trinajstić information content (AvgIpc) is 2.48. The van der Waals surface area contributed by atoms with Crippen molar-refractivity contribution < 1.29 is 19.2 Å². The van der Waals surface area contributed by atoms with E-state index in [-0.39, 0.29) is 22.8 Å². The number of hydrogen-bond acceptors (Lipinski definition) is 6. The molecule has 0 aliphatic carbocycles. The fourth-order valence-corrected chi connectivity index (χ4v) is 2.26. The van der Waals surface area contributed by atoms with Gasteiger partial charge in [-0.2, -0.15) is 0 Å². The minimum absolute atomic E-state index is 0.149. The number of methoxy groups -OCH3 is 1. The number of rotatable bonds is 3. The standard InChI is InChI=1S/C13H15N3O5/c1-8-12(17)14-5-6-15(8)11-7-9(13(18)21-2)3-4-10(11)16(19)20/h3-4,7-8H,5-6H2,1-2H3,(H,14,17). The molecule has 1 N–H and O–H groups in total. The quantitative estimate of drug-likeness (QED) is 0.500. The Kier molecular flexibility index (Phi) is 4.06. The van der Waals surface area contributed by atoms with Crippen LogP contribution in [0.3, 0.4) is 0 Å². The first-order valence-electron chi connectivity index (χ1n) is 6.37. The Balaban J connectivity index is 2.50. The van der Waals surface area contributed by atoms with Crippen molar-refractivity contribution in [2.45, 2.75) is 13.0 Å². The van der Waals surface area contributed by atoms with Gasteiger partial charge in [0.15, 0.2) is 0 Å². The minimum atomic E-state index is -0.583. The van der Waals surface area contributed by atoms with Crippen LogP contribution in [-0.2, 0) is 9.53 Å². The summed E-state index contributed by atoms with van der Waals surface area (Å²) in [5, 5.41) is 13.9. The van der Waals surface area contributed by atoms with Gasteiger partial charge < -0.3 is 15.0 Å². The Bertz CT molecular complexity index is 601. The van der Waals surface area contributed by atoms with E-state index in [0.29, 0.717) is 13.1 Å². The van der Waals surface area contributed by atoms with Crippen molar-refractivity contribution in [3.05, 3.63) is 33.9 Å². The largest absolute Gasteiger partial charge is 0.465 e. The molecule has 0 aromatic heterocycles. The first kappa shape index (κ1) is 14.8. The van der Waals surface area contributed by atoms with Crippen molar-refractivity contribution in [1.82, 2.24) is 5.32 Å². The molecular weight excluding hydrogens is 278 g/mol. The first-order valence-corrected chi connectivity index (χ1v) is 6.37. The number of nitrogens with one attached hydrogen (secondary N) is 1. The number of hydrogen-bond donors (Lipinski definition) is 1. The molecule has 1 aromatic carbocycles. The molecule has 21 heavy (non-hydrogen) atoms. The average molecular weight is 293 g/mol. The third-order valence-corrected chi connectivity index (χ3v) is 3.40. The van der Waals surface area contributed by atoms with E-state index in [9.17, 15) is 19.7 Å². The molecule has 0 spiro atoms. The summed E-state index contributed by atoms with van der Waals surface area (Å²) >= 11 is 0. The van der Waals surface area contributed by atoms with Crippen LogP contribution in [0.25, 0.3) is 0 Å². The summed E-state index contributed by atoms with van der Waals surface area (Å²) in [6.45, 7) is 2.48. The Morgan fingerprint density at radius 2 is 2.24 bits per heavy atom. The molecule has 1 fully saturated rings. The molecule has 8 nitrogen and oxygen atoms in total. The van der Waals surface area contributed by atoms with Gasteiger partial charge in [0.1, 0.15) is 11.7 Å². The topological polar surface area (TPSA) is 102 Å². The Hall–Kier alpha value is -2.64. The van der Waals surface area contributed by atoms with Crippen molar-refractivity contribution in [3.8, 4) is 0 Å². The molecular formula is C13H15N3O5. The molecule has 0 bridgehead atoms. The van der Waals surface area contributed by atoms with Gasteiger partial charge in [0, 0.05) is 19.2 Å². The lowest BCUT2D eigenvalue weighted by Crippen LogP contribution is -2.54. The Morgan fingerprint density at radius 3 is 2.86 bits per heavy atom. The fourth-order valence-electron chi connectivity index (χ4n) is 2.26. The van der Waals surface area contributed by atoms with Crippen molar-refractivity contribution in [1.29, 1.82) is 0 Å². The normalized spacial score (nSPS) is 18.1. The van der Waals surface area contributed by atoms with Crippen LogP contribution in [0.2, 0.25) is 0 Å². The maximum absolute atomic E-state index is 11.7. The van der Waals surface area contributed by atoms with Crippen molar-refractivity contribution in [2.75, 3.05) is 25.1 Å². The van der Waals surface area contributed by atoms with Gasteiger partial charge in [0.2, 0.25) is 5.91 Å². The number of benzene rings is 1. The SMILES string of the molecule is COC(=O)c1ccc([N+](=O)[O-])c(N2CCNC(=O)C2C)c1. The van der Waals surface area contributed by atoms with E-state index < -0.39 is 16.9 Å². The molecule has 1 aliphatic rings. The molecule has 1 aliphatic heterocycles. The van der Waals surface area contributed by atoms with Crippen LogP contribution in [0.1, 0.15) is 17.3 Å². The summed E-state index contributed by atoms with van der Waals surface area (Å²) in [7, 11) is 1.24. The van der Waals surface area contributed by atoms with Gasteiger partial charge in [-0.3, -0.25) is 14.9 Å². The third-order valence-electron chi connectivity index (χ3n) is 3.40. The number of carbonyl (C=O) groups excluding carboxylic acids is 2. The van der Waals surface area contributed by atoms with E-state index in [2.05, 4.69) is 10.1 Å². The molecule has 1 amide bonds. The van der Waals surface area contributed by atoms with E-state index in [1.165, 1.54) is 25.3 Å². The lowest BCUT2D eigenvalue weighted by Gasteiger charge is -2.34. The van der Waals surface area contributed by atoms with Crippen LogP contribution in [0.4, 0.5) is 11.4 Å². The number of nitro benzene ring substituents is 1. The highest BCUT2D eigenvalue weighted by Gasteiger charge is 2.31. The van der Waals surface area contributed by atoms with E-state index in [0.717, 1.165) is 0 Å². The van der Waals surface area contributed by atoms with Crippen LogP contribution in [-0.4, -0.2) is 43.0 Å². The third kappa shape index (κ3) is 2.78. The van der Waals surface area contributed by atoms with Gasteiger partial charge in [0.05, 0.1) is 17.6 Å². The van der Waals surface area contributed by atoms with E-state index >= 15 is 0 Å². The zero-order chi connectivity index (χ0) is 15.6. The van der Waals surface area contributed by atoms with E-state index in [1.54, 1.807) is 11.8 Å². The molecule has 1 saturated heterocycles. The molecule has 1 aromatic rings. The lowest BCUT2D eigenvalue weighted by atomic mass is 10.1. The van der Waals surface area contributed by atoms with Gasteiger partial charge in [-0.25, -0.2) is 4.79 Å². The molecule has 1 atom stereocenters. The summed E-state index contributed by atoms with van der Waals surface area (Å²) < 4.78 is 4.62. The number of anilines is 1. The summed E-state index contributed by atoms with van der Waals surface area (Å²) in [4.78, 5) is 35.6. The van der Waals surface area contributed by atoms with E-state index in [1.807, 2.05) is 0 Å². The molecule has 1 heterocycles. The van der Waals surface area contributed by atoms with Gasteiger partial charge in [-0.15, -0.1) is 0 Å².